The number of rotatable bonds is 3. The topological polar surface area (TPSA) is 39.1 Å². The Morgan fingerprint density at radius 1 is 1.17 bits per heavy atom. The van der Waals surface area contributed by atoms with Gasteiger partial charge in [0.25, 0.3) is 5.85 Å². The molecule has 1 unspecified atom stereocenters. The molecule has 0 bridgehead atoms. The Labute approximate surface area is 105 Å². The number of ether oxygens (including phenoxy) is 1. The van der Waals surface area contributed by atoms with Crippen LogP contribution < -0.4 is 10.1 Å². The molecule has 0 fully saturated rings. The first kappa shape index (κ1) is 10.7. The highest BCUT2D eigenvalue weighted by molar-refractivity contribution is 5.24. The van der Waals surface area contributed by atoms with Crippen molar-refractivity contribution in [3.05, 3.63) is 73.5 Å². The van der Waals surface area contributed by atoms with Gasteiger partial charge >= 0.3 is 0 Å². The molecular formula is C14H13N3O. The highest BCUT2D eigenvalue weighted by atomic mass is 16.5. The van der Waals surface area contributed by atoms with Crippen molar-refractivity contribution in [2.24, 2.45) is 0 Å². The fraction of sp³-hybridized carbons (Fsp3) is 0.0714. The quantitative estimate of drug-likeness (QED) is 0.892. The molecule has 1 atom stereocenters. The zero-order valence-corrected chi connectivity index (χ0v) is 9.73. The molecule has 4 nitrogen and oxygen atoms in total. The Kier molecular flexibility index (Phi) is 2.61. The van der Waals surface area contributed by atoms with Crippen molar-refractivity contribution in [2.75, 3.05) is 0 Å². The van der Waals surface area contributed by atoms with Gasteiger partial charge in [-0.05, 0) is 18.2 Å². The maximum Gasteiger partial charge on any atom is 0.286 e. The van der Waals surface area contributed by atoms with Gasteiger partial charge in [-0.1, -0.05) is 24.3 Å². The lowest BCUT2D eigenvalue weighted by molar-refractivity contribution is 0.0186. The third-order valence-corrected chi connectivity index (χ3v) is 2.72. The second-order valence-corrected chi connectivity index (χ2v) is 3.94. The van der Waals surface area contributed by atoms with Crippen molar-refractivity contribution in [3.8, 4) is 5.75 Å². The molecule has 1 aliphatic heterocycles. The van der Waals surface area contributed by atoms with E-state index < -0.39 is 5.85 Å². The Hall–Kier alpha value is -2.49. The second kappa shape index (κ2) is 4.41. The number of hydrogen-bond acceptors (Lipinski definition) is 3. The van der Waals surface area contributed by atoms with Gasteiger partial charge in [0, 0.05) is 24.7 Å². The summed E-state index contributed by atoms with van der Waals surface area (Å²) in [6.45, 7) is 0. The molecular weight excluding hydrogens is 226 g/mol. The van der Waals surface area contributed by atoms with Crippen molar-refractivity contribution < 1.29 is 4.74 Å². The Morgan fingerprint density at radius 3 is 2.72 bits per heavy atom. The Bertz CT molecular complexity index is 560. The van der Waals surface area contributed by atoms with E-state index in [0.29, 0.717) is 0 Å². The number of hydrogen-bond donors (Lipinski definition) is 1. The molecule has 18 heavy (non-hydrogen) atoms. The summed E-state index contributed by atoms with van der Waals surface area (Å²) < 4.78 is 7.94. The van der Waals surface area contributed by atoms with Gasteiger partial charge in [-0.15, -0.1) is 0 Å². The lowest BCUT2D eigenvalue weighted by atomic mass is 10.2. The van der Waals surface area contributed by atoms with Crippen LogP contribution in [-0.4, -0.2) is 9.55 Å². The molecule has 2 aromatic rings. The van der Waals surface area contributed by atoms with E-state index >= 15 is 0 Å². The number of benzene rings is 1. The molecule has 0 saturated carbocycles. The van der Waals surface area contributed by atoms with Gasteiger partial charge in [-0.3, -0.25) is 4.57 Å². The van der Waals surface area contributed by atoms with E-state index in [1.54, 1.807) is 12.5 Å². The first-order valence-corrected chi connectivity index (χ1v) is 5.74. The Balaban J connectivity index is 1.97. The van der Waals surface area contributed by atoms with Gasteiger partial charge in [0.1, 0.15) is 5.75 Å². The largest absolute Gasteiger partial charge is 0.446 e. The van der Waals surface area contributed by atoms with Gasteiger partial charge in [0.05, 0.1) is 6.33 Å². The average Bonchev–Trinajstić information content (AvgIpc) is 2.95. The molecule has 1 aliphatic rings. The molecule has 0 saturated heterocycles. The maximum absolute atomic E-state index is 6.06. The van der Waals surface area contributed by atoms with Crippen molar-refractivity contribution >= 4 is 0 Å². The summed E-state index contributed by atoms with van der Waals surface area (Å²) in [4.78, 5) is 4.07. The van der Waals surface area contributed by atoms with Gasteiger partial charge in [-0.2, -0.15) is 0 Å². The molecule has 90 valence electrons. The Morgan fingerprint density at radius 2 is 2.06 bits per heavy atom. The summed E-state index contributed by atoms with van der Waals surface area (Å²) in [5, 5.41) is 3.22. The number of nitrogens with zero attached hydrogens (tertiary/aromatic N) is 2. The van der Waals surface area contributed by atoms with Crippen LogP contribution >= 0.6 is 0 Å². The minimum atomic E-state index is -0.757. The standard InChI is InChI=1S/C14H13N3O/c1-2-6-13(7-3-1)18-14(8-4-5-9-16-14)17-11-10-15-12-17/h1-12,16H. The summed E-state index contributed by atoms with van der Waals surface area (Å²) in [6.07, 6.45) is 13.0. The summed E-state index contributed by atoms with van der Waals surface area (Å²) in [7, 11) is 0. The van der Waals surface area contributed by atoms with E-state index in [0.717, 1.165) is 5.75 Å². The molecule has 0 radical (unpaired) electrons. The zero-order chi connectivity index (χ0) is 12.3. The number of dihydropyridines is 1. The van der Waals surface area contributed by atoms with Crippen LogP contribution in [0.2, 0.25) is 0 Å². The monoisotopic (exact) mass is 239 g/mol. The molecule has 0 aliphatic carbocycles. The van der Waals surface area contributed by atoms with Crippen molar-refractivity contribution in [1.82, 2.24) is 14.9 Å². The summed E-state index contributed by atoms with van der Waals surface area (Å²) in [5.74, 6) is 0.0331. The lowest BCUT2D eigenvalue weighted by Gasteiger charge is -2.34. The highest BCUT2D eigenvalue weighted by Gasteiger charge is 2.31. The van der Waals surface area contributed by atoms with Crippen LogP contribution in [0.4, 0.5) is 0 Å². The van der Waals surface area contributed by atoms with Crippen LogP contribution in [0.1, 0.15) is 0 Å². The summed E-state index contributed by atoms with van der Waals surface area (Å²) in [5.41, 5.74) is 0. The van der Waals surface area contributed by atoms with Crippen LogP contribution in [0.15, 0.2) is 73.5 Å². The minimum absolute atomic E-state index is 0.757. The maximum atomic E-state index is 6.06. The van der Waals surface area contributed by atoms with Crippen LogP contribution in [0.3, 0.4) is 0 Å². The van der Waals surface area contributed by atoms with E-state index in [2.05, 4.69) is 10.3 Å². The smallest absolute Gasteiger partial charge is 0.286 e. The minimum Gasteiger partial charge on any atom is -0.446 e. The molecule has 2 heterocycles. The van der Waals surface area contributed by atoms with E-state index in [4.69, 9.17) is 4.74 Å². The van der Waals surface area contributed by atoms with Gasteiger partial charge in [-0.25, -0.2) is 4.98 Å². The fourth-order valence-electron chi connectivity index (χ4n) is 1.86. The second-order valence-electron chi connectivity index (χ2n) is 3.94. The number of imidazole rings is 1. The first-order chi connectivity index (χ1) is 8.89. The van der Waals surface area contributed by atoms with Gasteiger partial charge in [0.15, 0.2) is 0 Å². The van der Waals surface area contributed by atoms with E-state index in [1.807, 2.05) is 65.5 Å². The van der Waals surface area contributed by atoms with Crippen molar-refractivity contribution in [1.29, 1.82) is 0 Å². The van der Waals surface area contributed by atoms with Crippen molar-refractivity contribution in [3.63, 3.8) is 0 Å². The highest BCUT2D eigenvalue weighted by Crippen LogP contribution is 2.23. The van der Waals surface area contributed by atoms with Gasteiger partial charge in [0.2, 0.25) is 0 Å². The van der Waals surface area contributed by atoms with Crippen LogP contribution in [-0.2, 0) is 5.85 Å². The molecule has 0 amide bonds. The third kappa shape index (κ3) is 1.88. The van der Waals surface area contributed by atoms with Crippen LogP contribution in [0.25, 0.3) is 0 Å². The number of allylic oxidation sites excluding steroid dienone is 2. The molecule has 1 aromatic heterocycles. The number of nitrogens with one attached hydrogen (secondary N) is 1. The molecule has 1 N–H and O–H groups in total. The fourth-order valence-corrected chi connectivity index (χ4v) is 1.86. The van der Waals surface area contributed by atoms with E-state index in [1.165, 1.54) is 0 Å². The lowest BCUT2D eigenvalue weighted by Crippen LogP contribution is -2.49. The molecule has 4 heteroatoms. The zero-order valence-electron chi connectivity index (χ0n) is 9.73. The average molecular weight is 239 g/mol. The first-order valence-electron chi connectivity index (χ1n) is 5.74. The third-order valence-electron chi connectivity index (χ3n) is 2.72. The SMILES string of the molecule is C1=CNC(Oc2ccccc2)(n2ccnc2)C=C1. The molecule has 0 spiro atoms. The van der Waals surface area contributed by atoms with E-state index in [9.17, 15) is 0 Å². The summed E-state index contributed by atoms with van der Waals surface area (Å²) in [6, 6.07) is 9.69. The van der Waals surface area contributed by atoms with Gasteiger partial charge < -0.3 is 10.1 Å². The van der Waals surface area contributed by atoms with E-state index in [-0.39, 0.29) is 0 Å². The predicted octanol–water partition coefficient (Wildman–Crippen LogP) is 2.25. The van der Waals surface area contributed by atoms with Crippen LogP contribution in [0, 0.1) is 0 Å². The number of aromatic nitrogens is 2. The summed E-state index contributed by atoms with van der Waals surface area (Å²) >= 11 is 0. The van der Waals surface area contributed by atoms with Crippen molar-refractivity contribution in [2.45, 2.75) is 5.85 Å². The van der Waals surface area contributed by atoms with Crippen LogP contribution in [0.5, 0.6) is 5.75 Å². The normalized spacial score (nSPS) is 21.6. The molecule has 1 aromatic carbocycles. The predicted molar refractivity (Wildman–Crippen MR) is 68.7 cm³/mol. The molecule has 3 rings (SSSR count). The number of para-hydroxylation sites is 1.